The molecule has 33 heavy (non-hydrogen) atoms. The molecule has 2 aromatic rings. The molecule has 1 aliphatic heterocycles. The first kappa shape index (κ1) is 25.6. The van der Waals surface area contributed by atoms with Crippen molar-refractivity contribution in [2.24, 2.45) is 5.14 Å². The molecule has 0 bridgehead atoms. The van der Waals surface area contributed by atoms with Crippen molar-refractivity contribution in [1.82, 2.24) is 4.90 Å². The van der Waals surface area contributed by atoms with Crippen molar-refractivity contribution in [2.45, 2.75) is 41.6 Å². The fourth-order valence-electron chi connectivity index (χ4n) is 4.15. The zero-order valence-electron chi connectivity index (χ0n) is 18.9. The summed E-state index contributed by atoms with van der Waals surface area (Å²) in [6, 6.07) is 14.2. The van der Waals surface area contributed by atoms with Gasteiger partial charge in [-0.25, -0.2) is 22.0 Å². The lowest BCUT2D eigenvalue weighted by atomic mass is 10.0. The molecule has 10 heteroatoms. The van der Waals surface area contributed by atoms with E-state index in [-0.39, 0.29) is 4.90 Å². The molecule has 0 radical (unpaired) electrons. The van der Waals surface area contributed by atoms with E-state index in [9.17, 15) is 21.9 Å². The van der Waals surface area contributed by atoms with Crippen LogP contribution in [0.3, 0.4) is 0 Å². The second-order valence-electron chi connectivity index (χ2n) is 8.55. The normalized spacial score (nSPS) is 16.6. The number of nitrogens with zero attached hydrogens (tertiary/aromatic N) is 2. The van der Waals surface area contributed by atoms with Gasteiger partial charge in [0.15, 0.2) is 9.84 Å². The number of rotatable bonds is 10. The van der Waals surface area contributed by atoms with Gasteiger partial charge in [0.05, 0.1) is 11.0 Å². The van der Waals surface area contributed by atoms with Gasteiger partial charge < -0.3 is 10.0 Å². The summed E-state index contributed by atoms with van der Waals surface area (Å²) in [4.78, 5) is 4.03. The summed E-state index contributed by atoms with van der Waals surface area (Å²) in [6.45, 7) is 5.09. The van der Waals surface area contributed by atoms with Crippen LogP contribution in [0.1, 0.15) is 37.4 Å². The summed E-state index contributed by atoms with van der Waals surface area (Å²) >= 11 is 0. The van der Waals surface area contributed by atoms with E-state index in [1.807, 2.05) is 6.07 Å². The minimum absolute atomic E-state index is 0.350. The summed E-state index contributed by atoms with van der Waals surface area (Å²) in [5, 5.41) is 15.7. The largest absolute Gasteiger partial charge is 0.388 e. The first-order valence-corrected chi connectivity index (χ1v) is 14.6. The first-order valence-electron chi connectivity index (χ1n) is 11.1. The van der Waals surface area contributed by atoms with Crippen LogP contribution < -0.4 is 10.0 Å². The van der Waals surface area contributed by atoms with Crippen molar-refractivity contribution in [3.8, 4) is 0 Å². The Morgan fingerprint density at radius 3 is 2.18 bits per heavy atom. The Morgan fingerprint density at radius 1 is 0.909 bits per heavy atom. The number of anilines is 1. The molecule has 0 amide bonds. The summed E-state index contributed by atoms with van der Waals surface area (Å²) < 4.78 is 47.4. The Morgan fingerprint density at radius 2 is 1.58 bits per heavy atom. The molecule has 3 N–H and O–H groups in total. The first-order chi connectivity index (χ1) is 15.6. The molecule has 2 aromatic carbocycles. The number of aliphatic hydroxyl groups excluding tert-OH is 1. The Labute approximate surface area is 197 Å². The van der Waals surface area contributed by atoms with Gasteiger partial charge in [0.25, 0.3) is 0 Å². The van der Waals surface area contributed by atoms with Gasteiger partial charge in [0.1, 0.15) is 4.90 Å². The average Bonchev–Trinajstić information content (AvgIpc) is 2.78. The number of sulfone groups is 1. The topological polar surface area (TPSA) is 121 Å². The Kier molecular flexibility index (Phi) is 8.52. The molecule has 0 saturated carbocycles. The van der Waals surface area contributed by atoms with Crippen LogP contribution in [0.15, 0.2) is 58.3 Å². The van der Waals surface area contributed by atoms with Crippen LogP contribution in [0.5, 0.6) is 0 Å². The van der Waals surface area contributed by atoms with E-state index in [2.05, 4.69) is 34.1 Å². The molecule has 8 nitrogen and oxygen atoms in total. The number of para-hydroxylation sites is 1. The highest BCUT2D eigenvalue weighted by molar-refractivity contribution is 7.93. The summed E-state index contributed by atoms with van der Waals surface area (Å²) in [5.41, 5.74) is 1.62. The fraction of sp³-hybridized carbons (Fsp3) is 0.478. The van der Waals surface area contributed by atoms with Gasteiger partial charge in [-0.3, -0.25) is 4.90 Å². The van der Waals surface area contributed by atoms with Gasteiger partial charge in [-0.05, 0) is 49.2 Å². The summed E-state index contributed by atoms with van der Waals surface area (Å²) in [5.74, 6) is 0. The second-order valence-corrected chi connectivity index (χ2v) is 12.1. The molecule has 3 rings (SSSR count). The van der Waals surface area contributed by atoms with E-state index in [1.165, 1.54) is 23.9 Å². The van der Waals surface area contributed by atoms with E-state index in [0.29, 0.717) is 12.0 Å². The third-order valence-electron chi connectivity index (χ3n) is 6.00. The van der Waals surface area contributed by atoms with E-state index in [0.717, 1.165) is 58.2 Å². The predicted molar refractivity (Wildman–Crippen MR) is 129 cm³/mol. The number of piperazine rings is 1. The standard InChI is InChI=1S/C23H33N3O5S2/c1-32(28,29)22-12-11-19(18-23(22)33(24,30)31)21(27)10-6-3-7-13-25-14-16-26(17-15-25)20-8-4-2-5-9-20/h2,4-5,8-9,11-12,18,21,27H,3,6-7,10,13-17H2,1H3,(H2,24,30,31). The highest BCUT2D eigenvalue weighted by atomic mass is 32.2. The maximum Gasteiger partial charge on any atom is 0.239 e. The second kappa shape index (κ2) is 11.0. The molecule has 0 spiro atoms. The molecule has 1 unspecified atom stereocenters. The van der Waals surface area contributed by atoms with Crippen LogP contribution in [0.4, 0.5) is 5.69 Å². The number of nitrogens with two attached hydrogens (primary N) is 1. The molecule has 1 fully saturated rings. The summed E-state index contributed by atoms with van der Waals surface area (Å²) in [6.07, 6.45) is 3.25. The van der Waals surface area contributed by atoms with E-state index in [4.69, 9.17) is 5.14 Å². The van der Waals surface area contributed by atoms with Crippen LogP contribution in [-0.4, -0.2) is 65.8 Å². The number of hydrogen-bond acceptors (Lipinski definition) is 7. The Hall–Kier alpha value is -1.98. The number of hydrogen-bond donors (Lipinski definition) is 2. The van der Waals surface area contributed by atoms with E-state index < -0.39 is 30.9 Å². The van der Waals surface area contributed by atoms with Gasteiger partial charge in [-0.1, -0.05) is 37.1 Å². The molecule has 182 valence electrons. The number of primary sulfonamides is 1. The Bertz CT molecular complexity index is 1130. The zero-order chi connectivity index (χ0) is 24.1. The number of aliphatic hydroxyl groups is 1. The van der Waals surface area contributed by atoms with Crippen LogP contribution in [0, 0.1) is 0 Å². The molecule has 0 aliphatic carbocycles. The van der Waals surface area contributed by atoms with E-state index in [1.54, 1.807) is 0 Å². The van der Waals surface area contributed by atoms with Crippen molar-refractivity contribution in [2.75, 3.05) is 43.9 Å². The van der Waals surface area contributed by atoms with Crippen molar-refractivity contribution in [3.63, 3.8) is 0 Å². The third kappa shape index (κ3) is 7.25. The van der Waals surface area contributed by atoms with E-state index >= 15 is 0 Å². The molecule has 0 aromatic heterocycles. The van der Waals surface area contributed by atoms with Crippen LogP contribution in [0.2, 0.25) is 0 Å². The molecule has 1 heterocycles. The van der Waals surface area contributed by atoms with Crippen molar-refractivity contribution >= 4 is 25.5 Å². The quantitative estimate of drug-likeness (QED) is 0.485. The number of unbranched alkanes of at least 4 members (excludes halogenated alkanes) is 2. The van der Waals surface area contributed by atoms with Crippen LogP contribution in [-0.2, 0) is 19.9 Å². The lowest BCUT2D eigenvalue weighted by Crippen LogP contribution is -2.46. The number of benzene rings is 2. The maximum absolute atomic E-state index is 11.9. The maximum atomic E-state index is 11.9. The highest BCUT2D eigenvalue weighted by Crippen LogP contribution is 2.27. The molecule has 1 aliphatic rings. The van der Waals surface area contributed by atoms with Crippen LogP contribution >= 0.6 is 0 Å². The summed E-state index contributed by atoms with van der Waals surface area (Å²) in [7, 11) is -8.00. The predicted octanol–water partition coefficient (Wildman–Crippen LogP) is 2.15. The SMILES string of the molecule is CS(=O)(=O)c1ccc(C(O)CCCCCN2CCN(c3ccccc3)CC2)cc1S(N)(=O)=O. The van der Waals surface area contributed by atoms with Gasteiger partial charge >= 0.3 is 0 Å². The lowest BCUT2D eigenvalue weighted by molar-refractivity contribution is 0.162. The van der Waals surface area contributed by atoms with Crippen molar-refractivity contribution < 1.29 is 21.9 Å². The van der Waals surface area contributed by atoms with Gasteiger partial charge in [-0.15, -0.1) is 0 Å². The highest BCUT2D eigenvalue weighted by Gasteiger charge is 2.23. The molecular formula is C23H33N3O5S2. The monoisotopic (exact) mass is 495 g/mol. The van der Waals surface area contributed by atoms with Crippen molar-refractivity contribution in [1.29, 1.82) is 0 Å². The smallest absolute Gasteiger partial charge is 0.239 e. The van der Waals surface area contributed by atoms with Crippen molar-refractivity contribution in [3.05, 3.63) is 54.1 Å². The Balaban J connectivity index is 1.43. The molecule has 1 atom stereocenters. The fourth-order valence-corrected chi connectivity index (χ4v) is 6.34. The minimum atomic E-state index is -4.24. The van der Waals surface area contributed by atoms with Gasteiger partial charge in [-0.2, -0.15) is 0 Å². The van der Waals surface area contributed by atoms with Crippen LogP contribution in [0.25, 0.3) is 0 Å². The molecule has 1 saturated heterocycles. The minimum Gasteiger partial charge on any atom is -0.388 e. The third-order valence-corrected chi connectivity index (χ3v) is 8.24. The molecular weight excluding hydrogens is 462 g/mol. The van der Waals surface area contributed by atoms with Gasteiger partial charge in [0.2, 0.25) is 10.0 Å². The number of sulfonamides is 1. The van der Waals surface area contributed by atoms with Gasteiger partial charge in [0, 0.05) is 38.1 Å². The zero-order valence-corrected chi connectivity index (χ0v) is 20.6. The average molecular weight is 496 g/mol. The lowest BCUT2D eigenvalue weighted by Gasteiger charge is -2.36.